The van der Waals surface area contributed by atoms with E-state index >= 15 is 0 Å². The van der Waals surface area contributed by atoms with Crippen molar-refractivity contribution in [3.63, 3.8) is 0 Å². The molecule has 1 fully saturated rings. The number of methoxy groups -OCH3 is 1. The number of hydrogen-bond donors (Lipinski definition) is 2. The van der Waals surface area contributed by atoms with Crippen LogP contribution in [0.3, 0.4) is 0 Å². The molecule has 2 atom stereocenters. The molecule has 5 heteroatoms. The molecular weight excluding hydrogens is 196 g/mol. The number of carbonyl (C=O) groups excluding carboxylic acids is 1. The van der Waals surface area contributed by atoms with Gasteiger partial charge in [0.05, 0.1) is 12.6 Å². The zero-order valence-electron chi connectivity index (χ0n) is 9.19. The van der Waals surface area contributed by atoms with Gasteiger partial charge < -0.3 is 20.5 Å². The van der Waals surface area contributed by atoms with Gasteiger partial charge in [-0.1, -0.05) is 0 Å². The third kappa shape index (κ3) is 2.90. The molecule has 0 aromatic rings. The van der Waals surface area contributed by atoms with E-state index in [0.717, 1.165) is 19.3 Å². The topological polar surface area (TPSA) is 75.8 Å². The zero-order valence-corrected chi connectivity index (χ0v) is 9.19. The molecule has 0 saturated carbocycles. The minimum Gasteiger partial charge on any atom is -0.394 e. The first-order valence-corrected chi connectivity index (χ1v) is 5.38. The number of hydrogen-bond acceptors (Lipinski definition) is 4. The number of likely N-dealkylation sites (tertiary alicyclic amines) is 1. The molecule has 0 aromatic heterocycles. The highest BCUT2D eigenvalue weighted by Gasteiger charge is 2.30. The summed E-state index contributed by atoms with van der Waals surface area (Å²) in [5.74, 6) is -0.0984. The Hall–Kier alpha value is -0.650. The minimum atomic E-state index is -0.572. The van der Waals surface area contributed by atoms with Crippen LogP contribution in [0.25, 0.3) is 0 Å². The second-order valence-electron chi connectivity index (χ2n) is 3.82. The molecule has 1 saturated heterocycles. The van der Waals surface area contributed by atoms with Crippen molar-refractivity contribution in [2.45, 2.75) is 31.4 Å². The van der Waals surface area contributed by atoms with Gasteiger partial charge in [0.25, 0.3) is 5.91 Å². The molecule has 0 bridgehead atoms. The van der Waals surface area contributed by atoms with Gasteiger partial charge in [-0.2, -0.15) is 0 Å². The highest BCUT2D eigenvalue weighted by molar-refractivity contribution is 5.81. The molecule has 5 nitrogen and oxygen atoms in total. The van der Waals surface area contributed by atoms with E-state index in [-0.39, 0.29) is 25.1 Å². The predicted molar refractivity (Wildman–Crippen MR) is 56.3 cm³/mol. The number of ether oxygens (including phenoxy) is 1. The van der Waals surface area contributed by atoms with E-state index in [0.29, 0.717) is 6.54 Å². The molecule has 88 valence electrons. The van der Waals surface area contributed by atoms with Crippen LogP contribution >= 0.6 is 0 Å². The Labute approximate surface area is 90.2 Å². The maximum Gasteiger partial charge on any atom is 0.253 e. The van der Waals surface area contributed by atoms with Gasteiger partial charge in [-0.05, 0) is 19.3 Å². The van der Waals surface area contributed by atoms with E-state index in [9.17, 15) is 9.90 Å². The van der Waals surface area contributed by atoms with Crippen LogP contribution in [0.4, 0.5) is 0 Å². The van der Waals surface area contributed by atoms with Crippen molar-refractivity contribution in [1.82, 2.24) is 4.90 Å². The van der Waals surface area contributed by atoms with Crippen LogP contribution in [0.5, 0.6) is 0 Å². The Kier molecular flexibility index (Phi) is 5.01. The molecule has 3 N–H and O–H groups in total. The lowest BCUT2D eigenvalue weighted by molar-refractivity contribution is -0.146. The SMILES string of the molecule is COC(CN)C(=O)N1CCCCC1CO. The first-order chi connectivity index (χ1) is 7.24. The Balaban J connectivity index is 2.62. The fourth-order valence-electron chi connectivity index (χ4n) is 1.96. The van der Waals surface area contributed by atoms with Crippen molar-refractivity contribution >= 4 is 5.91 Å². The van der Waals surface area contributed by atoms with Crippen LogP contribution in [-0.2, 0) is 9.53 Å². The first-order valence-electron chi connectivity index (χ1n) is 5.38. The summed E-state index contributed by atoms with van der Waals surface area (Å²) in [6.45, 7) is 0.903. The summed E-state index contributed by atoms with van der Waals surface area (Å²) in [6, 6.07) is -0.0598. The van der Waals surface area contributed by atoms with Gasteiger partial charge in [-0.25, -0.2) is 0 Å². The standard InChI is InChI=1S/C10H20N2O3/c1-15-9(6-11)10(14)12-5-3-2-4-8(12)7-13/h8-9,13H,2-7,11H2,1H3. The average Bonchev–Trinajstić information content (AvgIpc) is 2.30. The van der Waals surface area contributed by atoms with Crippen molar-refractivity contribution in [2.24, 2.45) is 5.73 Å². The lowest BCUT2D eigenvalue weighted by Crippen LogP contribution is -2.51. The summed E-state index contributed by atoms with van der Waals surface area (Å²) in [6.07, 6.45) is 2.35. The van der Waals surface area contributed by atoms with E-state index in [1.54, 1.807) is 4.90 Å². The minimum absolute atomic E-state index is 0.0206. The quantitative estimate of drug-likeness (QED) is 0.653. The highest BCUT2D eigenvalue weighted by Crippen LogP contribution is 2.17. The number of rotatable bonds is 4. The van der Waals surface area contributed by atoms with Gasteiger partial charge in [0.1, 0.15) is 6.10 Å². The third-order valence-corrected chi connectivity index (χ3v) is 2.89. The fourth-order valence-corrected chi connectivity index (χ4v) is 1.96. The van der Waals surface area contributed by atoms with Crippen LogP contribution in [0, 0.1) is 0 Å². The number of amides is 1. The molecule has 2 unspecified atom stereocenters. The second-order valence-corrected chi connectivity index (χ2v) is 3.82. The molecule has 1 amide bonds. The van der Waals surface area contributed by atoms with Gasteiger partial charge in [0.2, 0.25) is 0 Å². The van der Waals surface area contributed by atoms with E-state index < -0.39 is 6.10 Å². The number of aliphatic hydroxyl groups excluding tert-OH is 1. The Morgan fingerprint density at radius 3 is 2.93 bits per heavy atom. The van der Waals surface area contributed by atoms with E-state index in [4.69, 9.17) is 10.5 Å². The summed E-state index contributed by atoms with van der Waals surface area (Å²) in [5.41, 5.74) is 5.44. The second kappa shape index (κ2) is 6.05. The van der Waals surface area contributed by atoms with Crippen molar-refractivity contribution in [1.29, 1.82) is 0 Å². The van der Waals surface area contributed by atoms with Gasteiger partial charge >= 0.3 is 0 Å². The lowest BCUT2D eigenvalue weighted by Gasteiger charge is -2.36. The van der Waals surface area contributed by atoms with E-state index in [1.165, 1.54) is 7.11 Å². The van der Waals surface area contributed by atoms with Crippen LogP contribution in [0.1, 0.15) is 19.3 Å². The maximum absolute atomic E-state index is 11.9. The summed E-state index contributed by atoms with van der Waals surface area (Å²) >= 11 is 0. The fraction of sp³-hybridized carbons (Fsp3) is 0.900. The number of nitrogens with zero attached hydrogens (tertiary/aromatic N) is 1. The summed E-state index contributed by atoms with van der Waals surface area (Å²) in [7, 11) is 1.48. The van der Waals surface area contributed by atoms with Crippen molar-refractivity contribution in [3.8, 4) is 0 Å². The van der Waals surface area contributed by atoms with Gasteiger partial charge in [-0.3, -0.25) is 4.79 Å². The molecule has 0 spiro atoms. The maximum atomic E-state index is 11.9. The molecular formula is C10H20N2O3. The Morgan fingerprint density at radius 1 is 1.67 bits per heavy atom. The zero-order chi connectivity index (χ0) is 11.3. The predicted octanol–water partition coefficient (Wildman–Crippen LogP) is -0.666. The molecule has 0 radical (unpaired) electrons. The Bertz CT molecular complexity index is 207. The van der Waals surface area contributed by atoms with Gasteiger partial charge in [-0.15, -0.1) is 0 Å². The van der Waals surface area contributed by atoms with E-state index in [2.05, 4.69) is 0 Å². The average molecular weight is 216 g/mol. The molecule has 1 heterocycles. The first kappa shape index (κ1) is 12.4. The molecule has 15 heavy (non-hydrogen) atoms. The van der Waals surface area contributed by atoms with Crippen LogP contribution in [0.15, 0.2) is 0 Å². The molecule has 1 aliphatic heterocycles. The van der Waals surface area contributed by atoms with Crippen molar-refractivity contribution in [3.05, 3.63) is 0 Å². The van der Waals surface area contributed by atoms with Crippen LogP contribution in [-0.4, -0.2) is 54.9 Å². The van der Waals surface area contributed by atoms with Crippen molar-refractivity contribution < 1.29 is 14.6 Å². The van der Waals surface area contributed by atoms with Gasteiger partial charge in [0.15, 0.2) is 0 Å². The smallest absolute Gasteiger partial charge is 0.253 e. The number of aliphatic hydroxyl groups is 1. The van der Waals surface area contributed by atoms with Gasteiger partial charge in [0, 0.05) is 20.2 Å². The molecule has 0 aromatic carbocycles. The summed E-state index contributed by atoms with van der Waals surface area (Å²) in [5, 5.41) is 9.17. The van der Waals surface area contributed by atoms with Crippen LogP contribution in [0.2, 0.25) is 0 Å². The molecule has 1 rings (SSSR count). The summed E-state index contributed by atoms with van der Waals surface area (Å²) in [4.78, 5) is 13.6. The van der Waals surface area contributed by atoms with Crippen molar-refractivity contribution in [2.75, 3.05) is 26.8 Å². The molecule has 1 aliphatic rings. The number of carbonyl (C=O) groups is 1. The van der Waals surface area contributed by atoms with Crippen LogP contribution < -0.4 is 5.73 Å². The largest absolute Gasteiger partial charge is 0.394 e. The molecule has 0 aliphatic carbocycles. The lowest BCUT2D eigenvalue weighted by atomic mass is 10.0. The highest BCUT2D eigenvalue weighted by atomic mass is 16.5. The normalized spacial score (nSPS) is 23.9. The monoisotopic (exact) mass is 216 g/mol. The summed E-state index contributed by atoms with van der Waals surface area (Å²) < 4.78 is 5.01. The Morgan fingerprint density at radius 2 is 2.40 bits per heavy atom. The number of nitrogens with two attached hydrogens (primary N) is 1. The van der Waals surface area contributed by atoms with E-state index in [1.807, 2.05) is 0 Å². The third-order valence-electron chi connectivity index (χ3n) is 2.89. The number of piperidine rings is 1.